The maximum atomic E-state index is 12.6. The van der Waals surface area contributed by atoms with E-state index in [4.69, 9.17) is 9.47 Å². The van der Waals surface area contributed by atoms with Gasteiger partial charge in [-0.25, -0.2) is 0 Å². The molecule has 1 saturated heterocycles. The highest BCUT2D eigenvalue weighted by Gasteiger charge is 2.23. The highest BCUT2D eigenvalue weighted by molar-refractivity contribution is 5.83. The van der Waals surface area contributed by atoms with Crippen LogP contribution in [0.1, 0.15) is 12.8 Å². The minimum absolute atomic E-state index is 0.204. The molecule has 0 unspecified atom stereocenters. The number of hydrogen-bond acceptors (Lipinski definition) is 3. The lowest BCUT2D eigenvalue weighted by molar-refractivity contribution is -0.133. The standard InChI is InChI=1S/C19H26N2O3/c1-23-12-13-24-15-16-6-9-20(10-7-16)19(22)14-21-11-8-17-4-2-3-5-18(17)21/h2-5,8,11,16H,6-7,9-10,12-15H2,1H3. The normalized spacial score (nSPS) is 16.0. The molecule has 5 heteroatoms. The zero-order chi connectivity index (χ0) is 16.8. The van der Waals surface area contributed by atoms with Crippen molar-refractivity contribution in [3.8, 4) is 0 Å². The number of likely N-dealkylation sites (tertiary alicyclic amines) is 1. The van der Waals surface area contributed by atoms with Crippen LogP contribution < -0.4 is 0 Å². The van der Waals surface area contributed by atoms with Crippen LogP contribution in [0.4, 0.5) is 0 Å². The van der Waals surface area contributed by atoms with Crippen molar-refractivity contribution < 1.29 is 14.3 Å². The van der Waals surface area contributed by atoms with Crippen molar-refractivity contribution >= 4 is 16.8 Å². The van der Waals surface area contributed by atoms with E-state index in [1.54, 1.807) is 7.11 Å². The molecular formula is C19H26N2O3. The first-order chi connectivity index (χ1) is 11.8. The third-order valence-corrected chi connectivity index (χ3v) is 4.74. The van der Waals surface area contributed by atoms with Crippen LogP contribution in [-0.4, -0.2) is 55.4 Å². The van der Waals surface area contributed by atoms with Gasteiger partial charge in [0.05, 0.1) is 13.2 Å². The first-order valence-electron chi connectivity index (χ1n) is 8.66. The number of methoxy groups -OCH3 is 1. The molecular weight excluding hydrogens is 304 g/mol. The lowest BCUT2D eigenvalue weighted by Gasteiger charge is -2.32. The number of para-hydroxylation sites is 1. The van der Waals surface area contributed by atoms with Gasteiger partial charge in [-0.15, -0.1) is 0 Å². The quantitative estimate of drug-likeness (QED) is 0.733. The smallest absolute Gasteiger partial charge is 0.242 e. The number of amides is 1. The Bertz CT molecular complexity index is 659. The molecule has 1 aromatic heterocycles. The van der Waals surface area contributed by atoms with E-state index in [0.717, 1.165) is 38.1 Å². The second-order valence-electron chi connectivity index (χ2n) is 6.39. The van der Waals surface area contributed by atoms with E-state index in [2.05, 4.69) is 18.2 Å². The second-order valence-corrected chi connectivity index (χ2v) is 6.39. The van der Waals surface area contributed by atoms with Crippen LogP contribution >= 0.6 is 0 Å². The monoisotopic (exact) mass is 330 g/mol. The summed E-state index contributed by atoms with van der Waals surface area (Å²) in [6.45, 7) is 4.14. The summed E-state index contributed by atoms with van der Waals surface area (Å²) in [5.74, 6) is 0.758. The largest absolute Gasteiger partial charge is 0.382 e. The summed E-state index contributed by atoms with van der Waals surface area (Å²) < 4.78 is 12.6. The molecule has 0 aliphatic carbocycles. The number of aromatic nitrogens is 1. The topological polar surface area (TPSA) is 43.7 Å². The minimum atomic E-state index is 0.204. The van der Waals surface area contributed by atoms with Crippen molar-refractivity contribution in [2.45, 2.75) is 19.4 Å². The molecule has 130 valence electrons. The molecule has 0 spiro atoms. The maximum Gasteiger partial charge on any atom is 0.242 e. The first kappa shape index (κ1) is 17.0. The molecule has 24 heavy (non-hydrogen) atoms. The summed E-state index contributed by atoms with van der Waals surface area (Å²) in [6.07, 6.45) is 4.04. The van der Waals surface area contributed by atoms with E-state index >= 15 is 0 Å². The number of carbonyl (C=O) groups excluding carboxylic acids is 1. The molecule has 0 N–H and O–H groups in total. The van der Waals surface area contributed by atoms with E-state index in [9.17, 15) is 4.79 Å². The van der Waals surface area contributed by atoms with Gasteiger partial charge in [-0.2, -0.15) is 0 Å². The van der Waals surface area contributed by atoms with Crippen molar-refractivity contribution in [3.63, 3.8) is 0 Å². The molecule has 0 radical (unpaired) electrons. The Morgan fingerprint density at radius 2 is 1.96 bits per heavy atom. The molecule has 1 aliphatic heterocycles. The summed E-state index contributed by atoms with van der Waals surface area (Å²) >= 11 is 0. The van der Waals surface area contributed by atoms with Gasteiger partial charge in [0.15, 0.2) is 0 Å². The average molecular weight is 330 g/mol. The Morgan fingerprint density at radius 1 is 1.17 bits per heavy atom. The summed E-state index contributed by atoms with van der Waals surface area (Å²) in [5, 5.41) is 1.18. The van der Waals surface area contributed by atoms with Crippen LogP contribution in [0, 0.1) is 5.92 Å². The van der Waals surface area contributed by atoms with Crippen LogP contribution in [-0.2, 0) is 20.8 Å². The fraction of sp³-hybridized carbons (Fsp3) is 0.526. The third-order valence-electron chi connectivity index (χ3n) is 4.74. The number of rotatable bonds is 7. The summed E-state index contributed by atoms with van der Waals surface area (Å²) in [4.78, 5) is 14.6. The molecule has 2 heterocycles. The number of hydrogen-bond donors (Lipinski definition) is 0. The summed E-state index contributed by atoms with van der Waals surface area (Å²) in [5.41, 5.74) is 1.12. The van der Waals surface area contributed by atoms with Crippen molar-refractivity contribution in [2.24, 2.45) is 5.92 Å². The van der Waals surface area contributed by atoms with Gasteiger partial charge in [-0.1, -0.05) is 18.2 Å². The van der Waals surface area contributed by atoms with Crippen LogP contribution in [0.25, 0.3) is 10.9 Å². The molecule has 0 atom stereocenters. The SMILES string of the molecule is COCCOCC1CCN(C(=O)Cn2ccc3ccccc32)CC1. The molecule has 0 saturated carbocycles. The van der Waals surface area contributed by atoms with Gasteiger partial charge in [0.1, 0.15) is 6.54 Å². The Hall–Kier alpha value is -1.85. The van der Waals surface area contributed by atoms with Gasteiger partial charge in [-0.05, 0) is 36.3 Å². The predicted octanol–water partition coefficient (Wildman–Crippen LogP) is 2.54. The van der Waals surface area contributed by atoms with Crippen molar-refractivity contribution in [2.75, 3.05) is 40.0 Å². The van der Waals surface area contributed by atoms with Gasteiger partial charge < -0.3 is 18.9 Å². The van der Waals surface area contributed by atoms with Crippen LogP contribution in [0.15, 0.2) is 36.5 Å². The number of fused-ring (bicyclic) bond motifs is 1. The van der Waals surface area contributed by atoms with Gasteiger partial charge in [-0.3, -0.25) is 4.79 Å². The molecule has 1 amide bonds. The fourth-order valence-corrected chi connectivity index (χ4v) is 3.27. The highest BCUT2D eigenvalue weighted by Crippen LogP contribution is 2.19. The lowest BCUT2D eigenvalue weighted by Crippen LogP contribution is -2.41. The molecule has 1 aliphatic rings. The van der Waals surface area contributed by atoms with Gasteiger partial charge in [0, 0.05) is 38.5 Å². The van der Waals surface area contributed by atoms with E-state index in [0.29, 0.717) is 25.7 Å². The van der Waals surface area contributed by atoms with Crippen LogP contribution in [0.2, 0.25) is 0 Å². The Labute approximate surface area is 143 Å². The average Bonchev–Trinajstić information content (AvgIpc) is 3.02. The first-order valence-corrected chi connectivity index (χ1v) is 8.66. The highest BCUT2D eigenvalue weighted by atomic mass is 16.5. The van der Waals surface area contributed by atoms with Gasteiger partial charge in [0.25, 0.3) is 0 Å². The zero-order valence-corrected chi connectivity index (χ0v) is 14.3. The molecule has 1 fully saturated rings. The summed E-state index contributed by atoms with van der Waals surface area (Å²) in [6, 6.07) is 10.2. The lowest BCUT2D eigenvalue weighted by atomic mass is 9.98. The van der Waals surface area contributed by atoms with E-state index in [1.807, 2.05) is 27.8 Å². The number of benzene rings is 1. The Morgan fingerprint density at radius 3 is 2.75 bits per heavy atom. The van der Waals surface area contributed by atoms with Crippen LogP contribution in [0.3, 0.4) is 0 Å². The number of piperidine rings is 1. The minimum Gasteiger partial charge on any atom is -0.382 e. The number of nitrogens with zero attached hydrogens (tertiary/aromatic N) is 2. The van der Waals surface area contributed by atoms with Gasteiger partial charge >= 0.3 is 0 Å². The molecule has 3 rings (SSSR count). The Balaban J connectivity index is 1.47. The van der Waals surface area contributed by atoms with Gasteiger partial charge in [0.2, 0.25) is 5.91 Å². The molecule has 1 aromatic carbocycles. The maximum absolute atomic E-state index is 12.6. The molecule has 5 nitrogen and oxygen atoms in total. The third kappa shape index (κ3) is 4.16. The fourth-order valence-electron chi connectivity index (χ4n) is 3.27. The number of carbonyl (C=O) groups is 1. The van der Waals surface area contributed by atoms with E-state index in [-0.39, 0.29) is 5.91 Å². The number of ether oxygens (including phenoxy) is 2. The van der Waals surface area contributed by atoms with Crippen LogP contribution in [0.5, 0.6) is 0 Å². The Kier molecular flexibility index (Phi) is 5.88. The van der Waals surface area contributed by atoms with Crippen molar-refractivity contribution in [1.82, 2.24) is 9.47 Å². The molecule has 2 aromatic rings. The zero-order valence-electron chi connectivity index (χ0n) is 14.3. The van der Waals surface area contributed by atoms with Crippen molar-refractivity contribution in [3.05, 3.63) is 36.5 Å². The van der Waals surface area contributed by atoms with Crippen molar-refractivity contribution in [1.29, 1.82) is 0 Å². The van der Waals surface area contributed by atoms with E-state index in [1.165, 1.54) is 5.39 Å². The second kappa shape index (κ2) is 8.31. The summed E-state index contributed by atoms with van der Waals surface area (Å²) in [7, 11) is 1.68. The molecule has 0 bridgehead atoms. The predicted molar refractivity (Wildman–Crippen MR) is 93.9 cm³/mol. The van der Waals surface area contributed by atoms with E-state index < -0.39 is 0 Å².